The first-order chi connectivity index (χ1) is 7.50. The number of rotatable bonds is 2. The minimum absolute atomic E-state index is 0.1000. The summed E-state index contributed by atoms with van der Waals surface area (Å²) in [7, 11) is 0. The van der Waals surface area contributed by atoms with E-state index >= 15 is 0 Å². The number of thiazole rings is 1. The van der Waals surface area contributed by atoms with Crippen LogP contribution in [0.1, 0.15) is 10.9 Å². The van der Waals surface area contributed by atoms with Gasteiger partial charge in [-0.15, -0.1) is 11.3 Å². The summed E-state index contributed by atoms with van der Waals surface area (Å²) in [6.07, 6.45) is -3.21. The average Bonchev–Trinajstić information content (AvgIpc) is 2.85. The van der Waals surface area contributed by atoms with Gasteiger partial charge in [-0.2, -0.15) is 18.2 Å². The van der Waals surface area contributed by atoms with Crippen LogP contribution < -0.4 is 0 Å². The van der Waals surface area contributed by atoms with E-state index in [1.54, 1.807) is 0 Å². The predicted octanol–water partition coefficient (Wildman–Crippen LogP) is 3.11. The van der Waals surface area contributed by atoms with Gasteiger partial charge in [0, 0.05) is 6.20 Å². The second kappa shape index (κ2) is 4.13. The van der Waals surface area contributed by atoms with Crippen LogP contribution in [-0.4, -0.2) is 15.1 Å². The molecule has 0 N–H and O–H groups in total. The molecule has 0 atom stereocenters. The smallest absolute Gasteiger partial charge is 0.329 e. The summed E-state index contributed by atoms with van der Waals surface area (Å²) in [5.74, 6) is -1.45. The molecule has 2 aromatic heterocycles. The Morgan fingerprint density at radius 2 is 2.19 bits per heavy atom. The van der Waals surface area contributed by atoms with Gasteiger partial charge in [-0.25, -0.2) is 4.98 Å². The molecular formula is C7H3BrF3N3OS. The molecule has 4 nitrogen and oxygen atoms in total. The van der Waals surface area contributed by atoms with Crippen LogP contribution >= 0.6 is 27.3 Å². The molecule has 86 valence electrons. The van der Waals surface area contributed by atoms with Crippen molar-refractivity contribution in [1.82, 2.24) is 15.1 Å². The lowest BCUT2D eigenvalue weighted by Gasteiger charge is -1.95. The van der Waals surface area contributed by atoms with Crippen molar-refractivity contribution in [2.75, 3.05) is 0 Å². The fraction of sp³-hybridized carbons (Fsp3) is 0.286. The molecule has 2 aromatic rings. The van der Waals surface area contributed by atoms with Crippen LogP contribution in [-0.2, 0) is 11.5 Å². The van der Waals surface area contributed by atoms with Gasteiger partial charge in [-0.3, -0.25) is 0 Å². The zero-order valence-corrected chi connectivity index (χ0v) is 9.86. The van der Waals surface area contributed by atoms with Crippen molar-refractivity contribution in [1.29, 1.82) is 0 Å². The van der Waals surface area contributed by atoms with Gasteiger partial charge in [0.15, 0.2) is 0 Å². The van der Waals surface area contributed by atoms with Crippen molar-refractivity contribution >= 4 is 27.3 Å². The summed E-state index contributed by atoms with van der Waals surface area (Å²) in [4.78, 5) is 7.64. The van der Waals surface area contributed by atoms with Gasteiger partial charge in [0.1, 0.15) is 5.01 Å². The molecule has 0 spiro atoms. The summed E-state index contributed by atoms with van der Waals surface area (Å²) in [6.45, 7) is 0. The largest absolute Gasteiger partial charge is 0.471 e. The highest BCUT2D eigenvalue weighted by atomic mass is 79.9. The summed E-state index contributed by atoms with van der Waals surface area (Å²) >= 11 is 4.38. The molecule has 0 saturated heterocycles. The standard InChI is InChI=1S/C7H3BrF3N3OS/c8-1-4-12-2-3(16-4)5-13-6(15-14-5)7(9,10)11/h2H,1H2. The lowest BCUT2D eigenvalue weighted by molar-refractivity contribution is -0.159. The van der Waals surface area contributed by atoms with Crippen LogP contribution in [0.4, 0.5) is 13.2 Å². The van der Waals surface area contributed by atoms with Gasteiger partial charge >= 0.3 is 12.1 Å². The van der Waals surface area contributed by atoms with Crippen LogP contribution in [0, 0.1) is 0 Å². The Hall–Kier alpha value is -0.960. The summed E-state index contributed by atoms with van der Waals surface area (Å²) in [6, 6.07) is 0. The molecule has 0 saturated carbocycles. The topological polar surface area (TPSA) is 51.8 Å². The van der Waals surface area contributed by atoms with E-state index in [4.69, 9.17) is 0 Å². The van der Waals surface area contributed by atoms with E-state index in [0.29, 0.717) is 10.2 Å². The zero-order valence-electron chi connectivity index (χ0n) is 7.45. The molecule has 0 aliphatic heterocycles. The molecule has 2 rings (SSSR count). The number of aromatic nitrogens is 3. The molecular weight excluding hydrogens is 311 g/mol. The third kappa shape index (κ3) is 2.24. The SMILES string of the molecule is FC(F)(F)c1nc(-c2cnc(CBr)s2)no1. The maximum Gasteiger partial charge on any atom is 0.471 e. The molecule has 0 aromatic carbocycles. The van der Waals surface area contributed by atoms with E-state index < -0.39 is 12.1 Å². The van der Waals surface area contributed by atoms with E-state index in [2.05, 4.69) is 35.6 Å². The molecule has 0 radical (unpaired) electrons. The van der Waals surface area contributed by atoms with Crippen molar-refractivity contribution in [2.24, 2.45) is 0 Å². The zero-order chi connectivity index (χ0) is 11.8. The Morgan fingerprint density at radius 1 is 1.44 bits per heavy atom. The quantitative estimate of drug-likeness (QED) is 0.799. The fourth-order valence-electron chi connectivity index (χ4n) is 0.914. The molecule has 0 bridgehead atoms. The van der Waals surface area contributed by atoms with Gasteiger partial charge < -0.3 is 4.52 Å². The monoisotopic (exact) mass is 313 g/mol. The Morgan fingerprint density at radius 3 is 2.69 bits per heavy atom. The average molecular weight is 314 g/mol. The second-order valence-electron chi connectivity index (χ2n) is 2.67. The van der Waals surface area contributed by atoms with Crippen molar-refractivity contribution in [3.63, 3.8) is 0 Å². The van der Waals surface area contributed by atoms with E-state index in [1.165, 1.54) is 17.5 Å². The normalized spacial score (nSPS) is 12.0. The van der Waals surface area contributed by atoms with Crippen LogP contribution in [0.5, 0.6) is 0 Å². The number of hydrogen-bond acceptors (Lipinski definition) is 5. The van der Waals surface area contributed by atoms with Gasteiger partial charge in [-0.05, 0) is 0 Å². The van der Waals surface area contributed by atoms with Crippen molar-refractivity contribution in [3.8, 4) is 10.7 Å². The summed E-state index contributed by atoms with van der Waals surface area (Å²) < 4.78 is 40.6. The first kappa shape index (κ1) is 11.5. The number of halogens is 4. The Balaban J connectivity index is 2.31. The van der Waals surface area contributed by atoms with E-state index in [-0.39, 0.29) is 5.82 Å². The molecule has 9 heteroatoms. The predicted molar refractivity (Wildman–Crippen MR) is 53.0 cm³/mol. The number of hydrogen-bond donors (Lipinski definition) is 0. The summed E-state index contributed by atoms with van der Waals surface area (Å²) in [5, 5.41) is 4.51. The maximum absolute atomic E-state index is 12.2. The van der Waals surface area contributed by atoms with Crippen LogP contribution in [0.2, 0.25) is 0 Å². The lowest BCUT2D eigenvalue weighted by Crippen LogP contribution is -2.04. The Bertz CT molecular complexity index is 495. The number of alkyl halides is 4. The van der Waals surface area contributed by atoms with Crippen LogP contribution in [0.15, 0.2) is 10.7 Å². The van der Waals surface area contributed by atoms with Crippen molar-refractivity contribution < 1.29 is 17.7 Å². The van der Waals surface area contributed by atoms with E-state index in [0.717, 1.165) is 5.01 Å². The fourth-order valence-corrected chi connectivity index (χ4v) is 2.10. The summed E-state index contributed by atoms with van der Waals surface area (Å²) in [5.41, 5.74) is 0. The first-order valence-electron chi connectivity index (χ1n) is 3.92. The van der Waals surface area contributed by atoms with Gasteiger partial charge in [-0.1, -0.05) is 21.1 Å². The highest BCUT2D eigenvalue weighted by molar-refractivity contribution is 9.08. The van der Waals surface area contributed by atoms with E-state index in [9.17, 15) is 13.2 Å². The first-order valence-corrected chi connectivity index (χ1v) is 5.86. The second-order valence-corrected chi connectivity index (χ2v) is 4.35. The molecule has 0 fully saturated rings. The lowest BCUT2D eigenvalue weighted by atomic mass is 10.5. The molecule has 16 heavy (non-hydrogen) atoms. The van der Waals surface area contributed by atoms with E-state index in [1.807, 2.05) is 0 Å². The highest BCUT2D eigenvalue weighted by Gasteiger charge is 2.38. The maximum atomic E-state index is 12.2. The van der Waals surface area contributed by atoms with Gasteiger partial charge in [0.25, 0.3) is 0 Å². The molecule has 2 heterocycles. The third-order valence-corrected chi connectivity index (χ3v) is 3.45. The van der Waals surface area contributed by atoms with Crippen LogP contribution in [0.25, 0.3) is 10.7 Å². The molecule has 0 aliphatic rings. The van der Waals surface area contributed by atoms with Gasteiger partial charge in [0.05, 0.1) is 10.2 Å². The van der Waals surface area contributed by atoms with Crippen molar-refractivity contribution in [3.05, 3.63) is 17.1 Å². The van der Waals surface area contributed by atoms with Crippen LogP contribution in [0.3, 0.4) is 0 Å². The Kier molecular flexibility index (Phi) is 2.98. The Labute approximate surface area is 99.6 Å². The van der Waals surface area contributed by atoms with Gasteiger partial charge in [0.2, 0.25) is 5.82 Å². The highest BCUT2D eigenvalue weighted by Crippen LogP contribution is 2.31. The minimum Gasteiger partial charge on any atom is -0.329 e. The minimum atomic E-state index is -4.62. The molecule has 0 aliphatic carbocycles. The number of nitrogens with zero attached hydrogens (tertiary/aromatic N) is 3. The van der Waals surface area contributed by atoms with Crippen molar-refractivity contribution in [2.45, 2.75) is 11.5 Å². The molecule has 0 amide bonds. The third-order valence-electron chi connectivity index (χ3n) is 1.56. The molecule has 0 unspecified atom stereocenters.